The fourth-order valence-corrected chi connectivity index (χ4v) is 0.755. The number of hydrogen-bond donors (Lipinski definition) is 3. The van der Waals surface area contributed by atoms with E-state index in [-0.39, 0.29) is 19.1 Å². The summed E-state index contributed by atoms with van der Waals surface area (Å²) >= 11 is 0. The van der Waals surface area contributed by atoms with Crippen molar-refractivity contribution < 1.29 is 15.0 Å². The maximum Gasteiger partial charge on any atom is 0.220 e. The first-order chi connectivity index (χ1) is 5.58. The Kier molecular flexibility index (Phi) is 4.85. The minimum atomic E-state index is -0.883. The molecule has 0 aromatic heterocycles. The summed E-state index contributed by atoms with van der Waals surface area (Å²) in [5.74, 6) is -0.136. The van der Waals surface area contributed by atoms with Gasteiger partial charge in [-0.25, -0.2) is 0 Å². The number of carbonyl (C=O) groups is 1. The monoisotopic (exact) mass is 175 g/mol. The van der Waals surface area contributed by atoms with Gasteiger partial charge in [-0.2, -0.15) is 0 Å². The van der Waals surface area contributed by atoms with Gasteiger partial charge in [0.25, 0.3) is 0 Å². The molecule has 0 aliphatic carbocycles. The second-order valence-corrected chi connectivity index (χ2v) is 3.18. The van der Waals surface area contributed by atoms with Gasteiger partial charge in [0.05, 0.1) is 18.8 Å². The van der Waals surface area contributed by atoms with Gasteiger partial charge < -0.3 is 15.5 Å². The van der Waals surface area contributed by atoms with Gasteiger partial charge in [0.15, 0.2) is 0 Å². The molecule has 0 aromatic rings. The van der Waals surface area contributed by atoms with Crippen LogP contribution in [0, 0.1) is 0 Å². The molecule has 0 fully saturated rings. The SMILES string of the molecule is CCCC(=O)NC(C)(CO)CO. The van der Waals surface area contributed by atoms with Crippen LogP contribution >= 0.6 is 0 Å². The minimum absolute atomic E-state index is 0.136. The fraction of sp³-hybridized carbons (Fsp3) is 0.875. The Morgan fingerprint density at radius 2 is 1.92 bits per heavy atom. The Morgan fingerprint density at radius 3 is 2.25 bits per heavy atom. The van der Waals surface area contributed by atoms with Crippen molar-refractivity contribution in [3.8, 4) is 0 Å². The highest BCUT2D eigenvalue weighted by Crippen LogP contribution is 2.01. The first-order valence-electron chi connectivity index (χ1n) is 4.10. The number of aliphatic hydroxyl groups is 2. The number of nitrogens with one attached hydrogen (secondary N) is 1. The van der Waals surface area contributed by atoms with E-state index in [1.54, 1.807) is 6.92 Å². The molecule has 4 nitrogen and oxygen atoms in total. The van der Waals surface area contributed by atoms with Crippen LogP contribution in [0.15, 0.2) is 0 Å². The highest BCUT2D eigenvalue weighted by molar-refractivity contribution is 5.76. The molecule has 3 N–H and O–H groups in total. The third kappa shape index (κ3) is 3.69. The van der Waals surface area contributed by atoms with Crippen molar-refractivity contribution in [3.63, 3.8) is 0 Å². The van der Waals surface area contributed by atoms with E-state index in [1.807, 2.05) is 6.92 Å². The molecule has 0 rings (SSSR count). The van der Waals surface area contributed by atoms with Gasteiger partial charge in [0.2, 0.25) is 5.91 Å². The molecule has 0 radical (unpaired) electrons. The number of carbonyl (C=O) groups excluding carboxylic acids is 1. The molecule has 0 aliphatic rings. The minimum Gasteiger partial charge on any atom is -0.394 e. The molecule has 0 saturated heterocycles. The zero-order valence-corrected chi connectivity index (χ0v) is 7.63. The van der Waals surface area contributed by atoms with Crippen LogP contribution in [0.5, 0.6) is 0 Å². The lowest BCUT2D eigenvalue weighted by atomic mass is 10.1. The van der Waals surface area contributed by atoms with Gasteiger partial charge in [0, 0.05) is 6.42 Å². The lowest BCUT2D eigenvalue weighted by Crippen LogP contribution is -2.51. The second-order valence-electron chi connectivity index (χ2n) is 3.18. The molecule has 0 atom stereocenters. The van der Waals surface area contributed by atoms with E-state index in [0.717, 1.165) is 6.42 Å². The van der Waals surface area contributed by atoms with Crippen LogP contribution < -0.4 is 5.32 Å². The lowest BCUT2D eigenvalue weighted by molar-refractivity contribution is -0.124. The van der Waals surface area contributed by atoms with Crippen molar-refractivity contribution in [1.29, 1.82) is 0 Å². The smallest absolute Gasteiger partial charge is 0.220 e. The lowest BCUT2D eigenvalue weighted by Gasteiger charge is -2.25. The third-order valence-electron chi connectivity index (χ3n) is 1.62. The molecule has 0 heterocycles. The summed E-state index contributed by atoms with van der Waals surface area (Å²) < 4.78 is 0. The van der Waals surface area contributed by atoms with E-state index < -0.39 is 5.54 Å². The van der Waals surface area contributed by atoms with Crippen molar-refractivity contribution in [2.24, 2.45) is 0 Å². The van der Waals surface area contributed by atoms with Crippen molar-refractivity contribution in [2.75, 3.05) is 13.2 Å². The molecule has 0 bridgehead atoms. The highest BCUT2D eigenvalue weighted by atomic mass is 16.3. The van der Waals surface area contributed by atoms with E-state index in [0.29, 0.717) is 6.42 Å². The molecule has 12 heavy (non-hydrogen) atoms. The third-order valence-corrected chi connectivity index (χ3v) is 1.62. The molecule has 0 saturated carbocycles. The van der Waals surface area contributed by atoms with Crippen LogP contribution in [-0.2, 0) is 4.79 Å². The summed E-state index contributed by atoms with van der Waals surface area (Å²) in [6.07, 6.45) is 1.19. The first-order valence-corrected chi connectivity index (χ1v) is 4.10. The maximum atomic E-state index is 11.0. The zero-order valence-electron chi connectivity index (χ0n) is 7.63. The fourth-order valence-electron chi connectivity index (χ4n) is 0.755. The van der Waals surface area contributed by atoms with Crippen LogP contribution in [0.3, 0.4) is 0 Å². The molecule has 0 unspecified atom stereocenters. The first kappa shape index (κ1) is 11.4. The Labute approximate surface area is 72.6 Å². The normalized spacial score (nSPS) is 11.3. The summed E-state index contributed by atoms with van der Waals surface area (Å²) in [5.41, 5.74) is -0.883. The van der Waals surface area contributed by atoms with E-state index in [4.69, 9.17) is 10.2 Å². The van der Waals surface area contributed by atoms with Crippen molar-refractivity contribution in [3.05, 3.63) is 0 Å². The summed E-state index contributed by atoms with van der Waals surface area (Å²) in [5, 5.41) is 20.2. The number of rotatable bonds is 5. The molecule has 4 heteroatoms. The summed E-state index contributed by atoms with van der Waals surface area (Å²) in [6, 6.07) is 0. The molecule has 1 amide bonds. The van der Waals surface area contributed by atoms with Gasteiger partial charge in [-0.3, -0.25) is 4.79 Å². The van der Waals surface area contributed by atoms with Crippen LogP contribution in [0.4, 0.5) is 0 Å². The predicted molar refractivity (Wildman–Crippen MR) is 45.6 cm³/mol. The Morgan fingerprint density at radius 1 is 1.42 bits per heavy atom. The van der Waals surface area contributed by atoms with Crippen LogP contribution in [0.1, 0.15) is 26.7 Å². The average Bonchev–Trinajstić information content (AvgIpc) is 2.05. The highest BCUT2D eigenvalue weighted by Gasteiger charge is 2.23. The second kappa shape index (κ2) is 5.11. The summed E-state index contributed by atoms with van der Waals surface area (Å²) in [4.78, 5) is 11.0. The van der Waals surface area contributed by atoms with Gasteiger partial charge in [-0.1, -0.05) is 6.92 Å². The molecule has 72 valence electrons. The van der Waals surface area contributed by atoms with Gasteiger partial charge >= 0.3 is 0 Å². The standard InChI is InChI=1S/C8H17NO3/c1-3-4-7(12)9-8(2,5-10)6-11/h10-11H,3-6H2,1-2H3,(H,9,12). The van der Waals surface area contributed by atoms with Crippen molar-refractivity contribution in [1.82, 2.24) is 5.32 Å². The van der Waals surface area contributed by atoms with Crippen molar-refractivity contribution >= 4 is 5.91 Å². The topological polar surface area (TPSA) is 69.6 Å². The Hall–Kier alpha value is -0.610. The zero-order chi connectivity index (χ0) is 9.61. The molecule has 0 aromatic carbocycles. The summed E-state index contributed by atoms with van der Waals surface area (Å²) in [6.45, 7) is 2.99. The van der Waals surface area contributed by atoms with Crippen molar-refractivity contribution in [2.45, 2.75) is 32.2 Å². The Balaban J connectivity index is 3.93. The van der Waals surface area contributed by atoms with Crippen LogP contribution in [0.2, 0.25) is 0 Å². The van der Waals surface area contributed by atoms with Crippen LogP contribution in [0.25, 0.3) is 0 Å². The van der Waals surface area contributed by atoms with Crippen LogP contribution in [-0.4, -0.2) is 34.9 Å². The predicted octanol–water partition coefficient (Wildman–Crippen LogP) is -0.354. The quantitative estimate of drug-likeness (QED) is 0.534. The Bertz CT molecular complexity index is 143. The number of aliphatic hydroxyl groups excluding tert-OH is 2. The van der Waals surface area contributed by atoms with E-state index in [9.17, 15) is 4.79 Å². The molecule has 0 aliphatic heterocycles. The van der Waals surface area contributed by atoms with E-state index >= 15 is 0 Å². The summed E-state index contributed by atoms with van der Waals surface area (Å²) in [7, 11) is 0. The molecule has 0 spiro atoms. The number of amides is 1. The van der Waals surface area contributed by atoms with Gasteiger partial charge in [-0.15, -0.1) is 0 Å². The molecular weight excluding hydrogens is 158 g/mol. The number of hydrogen-bond acceptors (Lipinski definition) is 3. The van der Waals surface area contributed by atoms with E-state index in [1.165, 1.54) is 0 Å². The largest absolute Gasteiger partial charge is 0.394 e. The molecular formula is C8H17NO3. The van der Waals surface area contributed by atoms with Gasteiger partial charge in [0.1, 0.15) is 0 Å². The maximum absolute atomic E-state index is 11.0. The average molecular weight is 175 g/mol. The van der Waals surface area contributed by atoms with Gasteiger partial charge in [-0.05, 0) is 13.3 Å². The van der Waals surface area contributed by atoms with E-state index in [2.05, 4.69) is 5.32 Å².